The fourth-order valence-corrected chi connectivity index (χ4v) is 2.38. The Labute approximate surface area is 133 Å². The third kappa shape index (κ3) is 3.44. The summed E-state index contributed by atoms with van der Waals surface area (Å²) in [6.45, 7) is 4.03. The smallest absolute Gasteiger partial charge is 0.329 e. The molecule has 0 spiro atoms. The lowest BCUT2D eigenvalue weighted by atomic mass is 9.98. The van der Waals surface area contributed by atoms with E-state index in [9.17, 15) is 14.7 Å². The second-order valence-electron chi connectivity index (χ2n) is 5.32. The molecule has 1 aromatic rings. The number of carbonyl (C=O) groups excluding carboxylic acids is 1. The van der Waals surface area contributed by atoms with Crippen LogP contribution in [0.2, 0.25) is 5.02 Å². The molecule has 1 amide bonds. The van der Waals surface area contributed by atoms with Crippen LogP contribution < -0.4 is 14.8 Å². The van der Waals surface area contributed by atoms with Crippen molar-refractivity contribution in [3.8, 4) is 11.5 Å². The molecule has 0 saturated carbocycles. The first-order valence-corrected chi connectivity index (χ1v) is 7.36. The molecule has 0 aromatic heterocycles. The van der Waals surface area contributed by atoms with Gasteiger partial charge in [0.15, 0.2) is 11.5 Å². The Morgan fingerprint density at radius 3 is 2.68 bits per heavy atom. The Morgan fingerprint density at radius 2 is 2.05 bits per heavy atom. The fraction of sp³-hybridized carbons (Fsp3) is 0.467. The average Bonchev–Trinajstić information content (AvgIpc) is 2.46. The van der Waals surface area contributed by atoms with Crippen molar-refractivity contribution in [2.24, 2.45) is 0 Å². The highest BCUT2D eigenvalue weighted by molar-refractivity contribution is 6.32. The Bertz CT molecular complexity index is 604. The number of fused-ring (bicyclic) bond motifs is 1. The molecule has 0 bridgehead atoms. The van der Waals surface area contributed by atoms with Gasteiger partial charge in [-0.15, -0.1) is 0 Å². The molecule has 2 rings (SSSR count). The molecule has 0 radical (unpaired) electrons. The molecule has 2 N–H and O–H groups in total. The number of nitrogens with one attached hydrogen (secondary N) is 1. The minimum absolute atomic E-state index is 0.0131. The highest BCUT2D eigenvalue weighted by Crippen LogP contribution is 2.38. The molecule has 1 heterocycles. The van der Waals surface area contributed by atoms with E-state index in [4.69, 9.17) is 21.1 Å². The Morgan fingerprint density at radius 1 is 1.36 bits per heavy atom. The minimum Gasteiger partial charge on any atom is -0.486 e. The van der Waals surface area contributed by atoms with E-state index in [-0.39, 0.29) is 18.7 Å². The zero-order chi connectivity index (χ0) is 16.3. The van der Waals surface area contributed by atoms with Crippen molar-refractivity contribution in [3.63, 3.8) is 0 Å². The zero-order valence-electron chi connectivity index (χ0n) is 12.4. The number of benzene rings is 1. The van der Waals surface area contributed by atoms with Gasteiger partial charge < -0.3 is 19.9 Å². The quantitative estimate of drug-likeness (QED) is 0.864. The van der Waals surface area contributed by atoms with Gasteiger partial charge in [0.2, 0.25) is 5.91 Å². The summed E-state index contributed by atoms with van der Waals surface area (Å²) in [5.74, 6) is -0.484. The van der Waals surface area contributed by atoms with Crippen LogP contribution in [0.15, 0.2) is 12.1 Å². The molecular formula is C15H18ClNO5. The summed E-state index contributed by atoms with van der Waals surface area (Å²) in [6.07, 6.45) is 0.301. The first kappa shape index (κ1) is 16.4. The summed E-state index contributed by atoms with van der Waals surface area (Å²) in [6, 6.07) is 3.31. The van der Waals surface area contributed by atoms with E-state index < -0.39 is 11.5 Å². The molecule has 1 aliphatic heterocycles. The fourth-order valence-electron chi connectivity index (χ4n) is 2.10. The third-order valence-electron chi connectivity index (χ3n) is 3.62. The summed E-state index contributed by atoms with van der Waals surface area (Å²) in [5, 5.41) is 12.1. The number of hydrogen-bond donors (Lipinski definition) is 2. The van der Waals surface area contributed by atoms with E-state index >= 15 is 0 Å². The summed E-state index contributed by atoms with van der Waals surface area (Å²) >= 11 is 6.11. The maximum Gasteiger partial charge on any atom is 0.329 e. The molecule has 0 fully saturated rings. The molecule has 1 unspecified atom stereocenters. The minimum atomic E-state index is -1.28. The number of aliphatic carboxylic acids is 1. The van der Waals surface area contributed by atoms with Gasteiger partial charge in [0, 0.05) is 0 Å². The van der Waals surface area contributed by atoms with Crippen LogP contribution in [0.1, 0.15) is 25.8 Å². The van der Waals surface area contributed by atoms with Crippen LogP contribution in [-0.2, 0) is 16.0 Å². The van der Waals surface area contributed by atoms with Gasteiger partial charge in [-0.05, 0) is 31.0 Å². The molecule has 120 valence electrons. The second-order valence-corrected chi connectivity index (χ2v) is 5.72. The first-order chi connectivity index (χ1) is 10.4. The van der Waals surface area contributed by atoms with Gasteiger partial charge >= 0.3 is 5.97 Å². The van der Waals surface area contributed by atoms with Crippen LogP contribution in [0.5, 0.6) is 11.5 Å². The summed E-state index contributed by atoms with van der Waals surface area (Å²) in [4.78, 5) is 23.3. The lowest BCUT2D eigenvalue weighted by molar-refractivity contribution is -0.146. The van der Waals surface area contributed by atoms with Crippen molar-refractivity contribution < 1.29 is 24.2 Å². The zero-order valence-corrected chi connectivity index (χ0v) is 13.2. The van der Waals surface area contributed by atoms with E-state index in [0.717, 1.165) is 0 Å². The largest absolute Gasteiger partial charge is 0.486 e. The van der Waals surface area contributed by atoms with Gasteiger partial charge in [0.05, 0.1) is 11.4 Å². The van der Waals surface area contributed by atoms with E-state index in [1.54, 1.807) is 19.1 Å². The van der Waals surface area contributed by atoms with Gasteiger partial charge in [-0.3, -0.25) is 4.79 Å². The first-order valence-electron chi connectivity index (χ1n) is 6.98. The standard InChI is InChI=1S/C15H18ClNO5/c1-3-15(2,14(19)20)17-12(18)8-9-6-10(16)13-11(7-9)21-4-5-22-13/h6-7H,3-5,8H2,1-2H3,(H,17,18)(H,19,20). The number of rotatable bonds is 5. The highest BCUT2D eigenvalue weighted by Gasteiger charge is 2.32. The maximum atomic E-state index is 12.1. The van der Waals surface area contributed by atoms with Crippen LogP contribution in [0.3, 0.4) is 0 Å². The summed E-state index contributed by atoms with van der Waals surface area (Å²) in [5.41, 5.74) is -0.648. The van der Waals surface area contributed by atoms with Crippen LogP contribution in [0, 0.1) is 0 Å². The van der Waals surface area contributed by atoms with Crippen molar-refractivity contribution in [2.75, 3.05) is 13.2 Å². The lowest BCUT2D eigenvalue weighted by Crippen LogP contribution is -2.52. The van der Waals surface area contributed by atoms with Gasteiger partial charge in [0.25, 0.3) is 0 Å². The maximum absolute atomic E-state index is 12.1. The topological polar surface area (TPSA) is 84.9 Å². The number of carbonyl (C=O) groups is 2. The lowest BCUT2D eigenvalue weighted by Gasteiger charge is -2.25. The van der Waals surface area contributed by atoms with E-state index in [1.807, 2.05) is 0 Å². The van der Waals surface area contributed by atoms with Crippen LogP contribution in [0.25, 0.3) is 0 Å². The van der Waals surface area contributed by atoms with E-state index in [2.05, 4.69) is 5.32 Å². The molecule has 0 aliphatic carbocycles. The Balaban J connectivity index is 2.12. The number of carboxylic acids is 1. The molecule has 1 aliphatic rings. The van der Waals surface area contributed by atoms with Gasteiger partial charge in [-0.2, -0.15) is 0 Å². The van der Waals surface area contributed by atoms with Gasteiger partial charge in [0.1, 0.15) is 18.8 Å². The normalized spacial score (nSPS) is 15.8. The monoisotopic (exact) mass is 327 g/mol. The Kier molecular flexibility index (Phi) is 4.81. The molecule has 1 aromatic carbocycles. The SMILES string of the molecule is CCC(C)(NC(=O)Cc1cc(Cl)c2c(c1)OCCO2)C(=O)O. The van der Waals surface area contributed by atoms with E-state index in [0.29, 0.717) is 35.3 Å². The summed E-state index contributed by atoms with van der Waals surface area (Å²) < 4.78 is 10.9. The van der Waals surface area contributed by atoms with Gasteiger partial charge in [-0.1, -0.05) is 18.5 Å². The van der Waals surface area contributed by atoms with E-state index in [1.165, 1.54) is 6.92 Å². The highest BCUT2D eigenvalue weighted by atomic mass is 35.5. The number of halogens is 1. The predicted molar refractivity (Wildman–Crippen MR) is 80.6 cm³/mol. The van der Waals surface area contributed by atoms with Crippen molar-refractivity contribution >= 4 is 23.5 Å². The van der Waals surface area contributed by atoms with Gasteiger partial charge in [-0.25, -0.2) is 4.79 Å². The number of ether oxygens (including phenoxy) is 2. The molecule has 6 nitrogen and oxygen atoms in total. The number of carboxylic acid groups (broad SMARTS) is 1. The molecular weight excluding hydrogens is 310 g/mol. The molecule has 0 saturated heterocycles. The van der Waals surface area contributed by atoms with Crippen LogP contribution >= 0.6 is 11.6 Å². The summed E-state index contributed by atoms with van der Waals surface area (Å²) in [7, 11) is 0. The van der Waals surface area contributed by atoms with Crippen molar-refractivity contribution in [1.29, 1.82) is 0 Å². The van der Waals surface area contributed by atoms with Crippen LogP contribution in [0.4, 0.5) is 0 Å². The molecule has 22 heavy (non-hydrogen) atoms. The molecule has 1 atom stereocenters. The Hall–Kier alpha value is -1.95. The van der Waals surface area contributed by atoms with Crippen molar-refractivity contribution in [3.05, 3.63) is 22.7 Å². The molecule has 7 heteroatoms. The van der Waals surface area contributed by atoms with Crippen LogP contribution in [-0.4, -0.2) is 35.7 Å². The van der Waals surface area contributed by atoms with Crippen molar-refractivity contribution in [2.45, 2.75) is 32.2 Å². The predicted octanol–water partition coefficient (Wildman–Crippen LogP) is 2.02. The third-order valence-corrected chi connectivity index (χ3v) is 3.90. The number of hydrogen-bond acceptors (Lipinski definition) is 4. The second kappa shape index (κ2) is 6.44. The van der Waals surface area contributed by atoms with Crippen molar-refractivity contribution in [1.82, 2.24) is 5.32 Å². The average molecular weight is 328 g/mol. The number of amides is 1.